The Morgan fingerprint density at radius 3 is 2.60 bits per heavy atom. The van der Waals surface area contributed by atoms with Crippen molar-refractivity contribution in [1.29, 1.82) is 0 Å². The summed E-state index contributed by atoms with van der Waals surface area (Å²) in [7, 11) is 1.80. The molecule has 2 N–H and O–H groups in total. The number of carboxylic acids is 1. The Bertz CT molecular complexity index is 661. The van der Waals surface area contributed by atoms with Gasteiger partial charge in [0.1, 0.15) is 5.56 Å². The third kappa shape index (κ3) is 2.33. The van der Waals surface area contributed by atoms with Crippen molar-refractivity contribution in [3.8, 4) is 0 Å². The first-order valence-corrected chi connectivity index (χ1v) is 6.65. The largest absolute Gasteiger partial charge is 0.478 e. The second-order valence-corrected chi connectivity index (χ2v) is 5.44. The number of aryl methyl sites for hydroxylation is 2. The molecule has 0 aliphatic carbocycles. The summed E-state index contributed by atoms with van der Waals surface area (Å²) >= 11 is 0. The summed E-state index contributed by atoms with van der Waals surface area (Å²) in [6.07, 6.45) is 1.39. The van der Waals surface area contributed by atoms with E-state index in [4.69, 9.17) is 0 Å². The maximum Gasteiger partial charge on any atom is 0.339 e. The zero-order valence-corrected chi connectivity index (χ0v) is 12.4. The molecule has 6 heteroatoms. The summed E-state index contributed by atoms with van der Waals surface area (Å²) in [5.74, 6) is -0.599. The molecule has 1 atom stereocenters. The average molecular weight is 276 g/mol. The smallest absolute Gasteiger partial charge is 0.339 e. The van der Waals surface area contributed by atoms with E-state index >= 15 is 0 Å². The molecular formula is C14H20N4O2. The summed E-state index contributed by atoms with van der Waals surface area (Å²) in [4.78, 5) is 15.6. The van der Waals surface area contributed by atoms with Gasteiger partial charge in [0.05, 0.1) is 16.8 Å². The molecule has 1 unspecified atom stereocenters. The zero-order chi connectivity index (χ0) is 15.0. The number of rotatable bonds is 4. The van der Waals surface area contributed by atoms with Crippen molar-refractivity contribution in [2.75, 3.05) is 5.32 Å². The van der Waals surface area contributed by atoms with E-state index in [1.807, 2.05) is 13.8 Å². The van der Waals surface area contributed by atoms with Crippen molar-refractivity contribution in [2.24, 2.45) is 13.0 Å². The Hall–Kier alpha value is -2.11. The van der Waals surface area contributed by atoms with Crippen LogP contribution in [0.3, 0.4) is 0 Å². The van der Waals surface area contributed by atoms with Crippen molar-refractivity contribution in [3.63, 3.8) is 0 Å². The maximum atomic E-state index is 11.4. The van der Waals surface area contributed by atoms with Crippen molar-refractivity contribution < 1.29 is 9.90 Å². The first kappa shape index (κ1) is 14.3. The summed E-state index contributed by atoms with van der Waals surface area (Å²) < 4.78 is 1.67. The fourth-order valence-corrected chi connectivity index (χ4v) is 2.12. The lowest BCUT2D eigenvalue weighted by Gasteiger charge is -2.20. The van der Waals surface area contributed by atoms with Crippen LogP contribution in [0.4, 0.5) is 5.69 Å². The van der Waals surface area contributed by atoms with Crippen LogP contribution in [0.5, 0.6) is 0 Å². The molecule has 0 spiro atoms. The predicted octanol–water partition coefficient (Wildman–Crippen LogP) is 2.43. The second kappa shape index (κ2) is 5.11. The summed E-state index contributed by atoms with van der Waals surface area (Å²) in [5.41, 5.74) is 2.25. The average Bonchev–Trinajstić information content (AvgIpc) is 2.65. The molecule has 20 heavy (non-hydrogen) atoms. The molecule has 6 nitrogen and oxygen atoms in total. The molecule has 0 aliphatic rings. The van der Waals surface area contributed by atoms with Gasteiger partial charge in [-0.05, 0) is 19.8 Å². The molecule has 2 aromatic heterocycles. The molecule has 0 bridgehead atoms. The van der Waals surface area contributed by atoms with Gasteiger partial charge in [-0.15, -0.1) is 0 Å². The summed E-state index contributed by atoms with van der Waals surface area (Å²) in [6, 6.07) is 0.151. The SMILES string of the molecule is Cc1nn(C)c2ncc(C(=O)O)c(NC(C)C(C)C)c12. The van der Waals surface area contributed by atoms with Crippen LogP contribution in [0.2, 0.25) is 0 Å². The van der Waals surface area contributed by atoms with Crippen LogP contribution in [0.1, 0.15) is 36.8 Å². The van der Waals surface area contributed by atoms with Crippen molar-refractivity contribution >= 4 is 22.7 Å². The minimum absolute atomic E-state index is 0.151. The van der Waals surface area contributed by atoms with Crippen LogP contribution in [-0.4, -0.2) is 31.9 Å². The Kier molecular flexibility index (Phi) is 3.65. The topological polar surface area (TPSA) is 80.0 Å². The number of hydrogen-bond acceptors (Lipinski definition) is 4. The predicted molar refractivity (Wildman–Crippen MR) is 78.1 cm³/mol. The molecule has 2 rings (SSSR count). The zero-order valence-electron chi connectivity index (χ0n) is 12.4. The van der Waals surface area contributed by atoms with E-state index in [1.54, 1.807) is 11.7 Å². The number of carboxylic acid groups (broad SMARTS) is 1. The number of anilines is 1. The lowest BCUT2D eigenvalue weighted by molar-refractivity contribution is 0.0697. The van der Waals surface area contributed by atoms with E-state index in [0.717, 1.165) is 11.1 Å². The Morgan fingerprint density at radius 1 is 1.40 bits per heavy atom. The van der Waals surface area contributed by atoms with Crippen LogP contribution in [0.25, 0.3) is 11.0 Å². The molecule has 0 aliphatic heterocycles. The molecule has 0 amide bonds. The van der Waals surface area contributed by atoms with Gasteiger partial charge in [0.25, 0.3) is 0 Å². The molecule has 0 saturated heterocycles. The van der Waals surface area contributed by atoms with E-state index in [9.17, 15) is 9.90 Å². The van der Waals surface area contributed by atoms with E-state index in [-0.39, 0.29) is 11.6 Å². The number of carbonyl (C=O) groups is 1. The van der Waals surface area contributed by atoms with E-state index < -0.39 is 5.97 Å². The monoisotopic (exact) mass is 276 g/mol. The van der Waals surface area contributed by atoms with Crippen molar-refractivity contribution in [1.82, 2.24) is 14.8 Å². The third-order valence-corrected chi connectivity index (χ3v) is 3.63. The Balaban J connectivity index is 2.68. The standard InChI is InChI=1S/C14H20N4O2/c1-7(2)8(3)16-12-10(14(19)20)6-15-13-11(12)9(4)17-18(13)5/h6-8H,1-5H3,(H,15,16)(H,19,20). The van der Waals surface area contributed by atoms with Crippen molar-refractivity contribution in [2.45, 2.75) is 33.7 Å². The summed E-state index contributed by atoms with van der Waals surface area (Å²) in [5, 5.41) is 17.8. The Morgan fingerprint density at radius 2 is 2.05 bits per heavy atom. The Labute approximate surface area is 117 Å². The highest BCUT2D eigenvalue weighted by Gasteiger charge is 2.21. The van der Waals surface area contributed by atoms with Crippen LogP contribution in [-0.2, 0) is 7.05 Å². The highest BCUT2D eigenvalue weighted by Crippen LogP contribution is 2.29. The minimum Gasteiger partial charge on any atom is -0.478 e. The molecular weight excluding hydrogens is 256 g/mol. The lowest BCUT2D eigenvalue weighted by Crippen LogP contribution is -2.23. The highest BCUT2D eigenvalue weighted by molar-refractivity contribution is 6.04. The lowest BCUT2D eigenvalue weighted by atomic mass is 10.0. The minimum atomic E-state index is -0.985. The number of aromatic carboxylic acids is 1. The number of nitrogens with zero attached hydrogens (tertiary/aromatic N) is 3. The van der Waals surface area contributed by atoms with Gasteiger partial charge in [-0.1, -0.05) is 13.8 Å². The van der Waals surface area contributed by atoms with Gasteiger partial charge >= 0.3 is 5.97 Å². The first-order valence-electron chi connectivity index (χ1n) is 6.65. The second-order valence-electron chi connectivity index (χ2n) is 5.44. The van der Waals surface area contributed by atoms with Crippen molar-refractivity contribution in [3.05, 3.63) is 17.5 Å². The van der Waals surface area contributed by atoms with E-state index in [0.29, 0.717) is 17.3 Å². The van der Waals surface area contributed by atoms with Crippen LogP contribution in [0.15, 0.2) is 6.20 Å². The molecule has 0 aromatic carbocycles. The normalized spacial score (nSPS) is 12.9. The molecule has 2 aromatic rings. The van der Waals surface area contributed by atoms with Gasteiger partial charge in [0.15, 0.2) is 5.65 Å². The first-order chi connectivity index (χ1) is 9.32. The third-order valence-electron chi connectivity index (χ3n) is 3.63. The van der Waals surface area contributed by atoms with Gasteiger partial charge in [0, 0.05) is 19.3 Å². The molecule has 0 radical (unpaired) electrons. The quantitative estimate of drug-likeness (QED) is 0.896. The maximum absolute atomic E-state index is 11.4. The van der Waals surface area contributed by atoms with Gasteiger partial charge < -0.3 is 10.4 Å². The van der Waals surface area contributed by atoms with Gasteiger partial charge in [0.2, 0.25) is 0 Å². The van der Waals surface area contributed by atoms with Crippen LogP contribution >= 0.6 is 0 Å². The highest BCUT2D eigenvalue weighted by atomic mass is 16.4. The fourth-order valence-electron chi connectivity index (χ4n) is 2.12. The fraction of sp³-hybridized carbons (Fsp3) is 0.500. The van der Waals surface area contributed by atoms with E-state index in [1.165, 1.54) is 6.20 Å². The number of aromatic nitrogens is 3. The molecule has 0 fully saturated rings. The van der Waals surface area contributed by atoms with Gasteiger partial charge in [-0.2, -0.15) is 5.10 Å². The molecule has 2 heterocycles. The number of nitrogens with one attached hydrogen (secondary N) is 1. The van der Waals surface area contributed by atoms with Gasteiger partial charge in [-0.25, -0.2) is 9.78 Å². The number of hydrogen-bond donors (Lipinski definition) is 2. The molecule has 0 saturated carbocycles. The summed E-state index contributed by atoms with van der Waals surface area (Å²) in [6.45, 7) is 8.08. The van der Waals surface area contributed by atoms with Gasteiger partial charge in [-0.3, -0.25) is 4.68 Å². The van der Waals surface area contributed by atoms with E-state index in [2.05, 4.69) is 29.2 Å². The number of pyridine rings is 1. The van der Waals surface area contributed by atoms with Crippen LogP contribution < -0.4 is 5.32 Å². The number of fused-ring (bicyclic) bond motifs is 1. The van der Waals surface area contributed by atoms with Crippen LogP contribution in [0, 0.1) is 12.8 Å². The molecule has 108 valence electrons.